The topological polar surface area (TPSA) is 0 Å². The molecule has 0 fully saturated rings. The molecule has 0 aromatic carbocycles. The Morgan fingerprint density at radius 1 is 1.20 bits per heavy atom. The van der Waals surface area contributed by atoms with Crippen LogP contribution in [-0.2, 0) is 0 Å². The molecule has 0 saturated heterocycles. The molecule has 0 aliphatic heterocycles. The van der Waals surface area contributed by atoms with Crippen LogP contribution in [-0.4, -0.2) is 7.85 Å². The Balaban J connectivity index is 3.95. The van der Waals surface area contributed by atoms with Gasteiger partial charge in [-0.3, -0.25) is 0 Å². The molecule has 0 rings (SSSR count). The summed E-state index contributed by atoms with van der Waals surface area (Å²) in [6, 6.07) is 0. The highest BCUT2D eigenvalue weighted by molar-refractivity contribution is 6.13. The molecular formula is C9H19B. The van der Waals surface area contributed by atoms with Crippen LogP contribution in [0.2, 0.25) is 5.82 Å². The monoisotopic (exact) mass is 138 g/mol. The van der Waals surface area contributed by atoms with Gasteiger partial charge in [0, 0.05) is 0 Å². The first-order chi connectivity index (χ1) is 4.46. The summed E-state index contributed by atoms with van der Waals surface area (Å²) in [5, 5.41) is 0. The molecule has 10 heavy (non-hydrogen) atoms. The standard InChI is InChI=1S/C9H19B/c1-6(2)8(5)9(10)7(3)4/h6-7,9H,5,10H2,1-4H3. The minimum Gasteiger partial charge on any atom is -0.100 e. The normalized spacial score (nSPS) is 14.2. The lowest BCUT2D eigenvalue weighted by atomic mass is 9.70. The van der Waals surface area contributed by atoms with Crippen molar-refractivity contribution in [3.8, 4) is 0 Å². The molecule has 58 valence electrons. The van der Waals surface area contributed by atoms with Crippen molar-refractivity contribution in [2.24, 2.45) is 11.8 Å². The molecule has 0 aliphatic rings. The highest BCUT2D eigenvalue weighted by atomic mass is 14.1. The molecule has 0 radical (unpaired) electrons. The largest absolute Gasteiger partial charge is 0.111 e. The molecule has 0 spiro atoms. The van der Waals surface area contributed by atoms with Gasteiger partial charge in [-0.2, -0.15) is 0 Å². The van der Waals surface area contributed by atoms with Crippen molar-refractivity contribution in [1.82, 2.24) is 0 Å². The molecule has 0 saturated carbocycles. The predicted octanol–water partition coefficient (Wildman–Crippen LogP) is 2.28. The predicted molar refractivity (Wildman–Crippen MR) is 51.1 cm³/mol. The van der Waals surface area contributed by atoms with E-state index in [4.69, 9.17) is 0 Å². The zero-order chi connectivity index (χ0) is 8.31. The Morgan fingerprint density at radius 2 is 1.60 bits per heavy atom. The summed E-state index contributed by atoms with van der Waals surface area (Å²) in [6.07, 6.45) is 0. The fourth-order valence-electron chi connectivity index (χ4n) is 0.954. The maximum Gasteiger partial charge on any atom is 0.111 e. The first-order valence-electron chi connectivity index (χ1n) is 4.15. The smallest absolute Gasteiger partial charge is 0.100 e. The van der Waals surface area contributed by atoms with E-state index < -0.39 is 0 Å². The van der Waals surface area contributed by atoms with Gasteiger partial charge in [0.2, 0.25) is 0 Å². The third-order valence-corrected chi connectivity index (χ3v) is 2.33. The quantitative estimate of drug-likeness (QED) is 0.414. The van der Waals surface area contributed by atoms with Crippen molar-refractivity contribution >= 4 is 7.85 Å². The zero-order valence-electron chi connectivity index (χ0n) is 7.94. The van der Waals surface area contributed by atoms with Crippen LogP contribution in [0.3, 0.4) is 0 Å². The Morgan fingerprint density at radius 3 is 1.70 bits per heavy atom. The highest BCUT2D eigenvalue weighted by Gasteiger charge is 2.12. The van der Waals surface area contributed by atoms with Gasteiger partial charge in [0.05, 0.1) is 0 Å². The van der Waals surface area contributed by atoms with Crippen molar-refractivity contribution in [2.75, 3.05) is 0 Å². The molecule has 1 unspecified atom stereocenters. The van der Waals surface area contributed by atoms with Gasteiger partial charge in [-0.25, -0.2) is 0 Å². The van der Waals surface area contributed by atoms with E-state index in [1.54, 1.807) is 0 Å². The first-order valence-corrected chi connectivity index (χ1v) is 4.15. The molecule has 0 heterocycles. The molecule has 0 N–H and O–H groups in total. The van der Waals surface area contributed by atoms with E-state index in [-0.39, 0.29) is 0 Å². The van der Waals surface area contributed by atoms with Crippen LogP contribution in [0.5, 0.6) is 0 Å². The number of hydrogen-bond acceptors (Lipinski definition) is 0. The van der Waals surface area contributed by atoms with Gasteiger partial charge < -0.3 is 0 Å². The average Bonchev–Trinajstić information content (AvgIpc) is 1.84. The van der Waals surface area contributed by atoms with Gasteiger partial charge in [-0.1, -0.05) is 33.3 Å². The molecule has 0 aromatic heterocycles. The molecular weight excluding hydrogens is 119 g/mol. The van der Waals surface area contributed by atoms with E-state index in [2.05, 4.69) is 42.1 Å². The van der Waals surface area contributed by atoms with Crippen LogP contribution in [0.1, 0.15) is 27.7 Å². The van der Waals surface area contributed by atoms with Crippen LogP contribution in [0.25, 0.3) is 0 Å². The number of allylic oxidation sites excluding steroid dienone is 1. The second-order valence-corrected chi connectivity index (χ2v) is 3.76. The molecule has 0 aromatic rings. The van der Waals surface area contributed by atoms with Crippen molar-refractivity contribution in [3.63, 3.8) is 0 Å². The van der Waals surface area contributed by atoms with Crippen LogP contribution >= 0.6 is 0 Å². The lowest BCUT2D eigenvalue weighted by molar-refractivity contribution is 0.589. The summed E-state index contributed by atoms with van der Waals surface area (Å²) < 4.78 is 0. The maximum atomic E-state index is 4.08. The lowest BCUT2D eigenvalue weighted by Gasteiger charge is -2.21. The molecule has 0 amide bonds. The Hall–Kier alpha value is -0.195. The summed E-state index contributed by atoms with van der Waals surface area (Å²) in [7, 11) is 2.26. The lowest BCUT2D eigenvalue weighted by Crippen LogP contribution is -2.08. The third-order valence-electron chi connectivity index (χ3n) is 2.33. The van der Waals surface area contributed by atoms with Crippen LogP contribution in [0, 0.1) is 11.8 Å². The Labute approximate surface area is 66.1 Å². The number of hydrogen-bond donors (Lipinski definition) is 0. The average molecular weight is 138 g/mol. The van der Waals surface area contributed by atoms with Crippen molar-refractivity contribution in [2.45, 2.75) is 33.5 Å². The van der Waals surface area contributed by atoms with Gasteiger partial charge in [-0.15, -0.1) is 6.58 Å². The van der Waals surface area contributed by atoms with Crippen molar-refractivity contribution in [3.05, 3.63) is 12.2 Å². The van der Waals surface area contributed by atoms with Crippen LogP contribution < -0.4 is 0 Å². The highest BCUT2D eigenvalue weighted by Crippen LogP contribution is 2.26. The number of rotatable bonds is 3. The van der Waals surface area contributed by atoms with Gasteiger partial charge in [0.25, 0.3) is 0 Å². The Kier molecular flexibility index (Phi) is 3.77. The van der Waals surface area contributed by atoms with Gasteiger partial charge >= 0.3 is 0 Å². The van der Waals surface area contributed by atoms with E-state index >= 15 is 0 Å². The second kappa shape index (κ2) is 3.85. The summed E-state index contributed by atoms with van der Waals surface area (Å²) in [4.78, 5) is 0. The summed E-state index contributed by atoms with van der Waals surface area (Å²) in [5.41, 5.74) is 1.38. The SMILES string of the molecule is BC(C(=C)C(C)C)C(C)C. The summed E-state index contributed by atoms with van der Waals surface area (Å²) in [6.45, 7) is 13.0. The summed E-state index contributed by atoms with van der Waals surface area (Å²) >= 11 is 0. The Bertz CT molecular complexity index is 114. The minimum atomic E-state index is 0.636. The van der Waals surface area contributed by atoms with Crippen molar-refractivity contribution in [1.29, 1.82) is 0 Å². The van der Waals surface area contributed by atoms with E-state index in [9.17, 15) is 0 Å². The van der Waals surface area contributed by atoms with E-state index in [0.29, 0.717) is 11.7 Å². The maximum absolute atomic E-state index is 4.08. The second-order valence-electron chi connectivity index (χ2n) is 3.76. The minimum absolute atomic E-state index is 0.636. The molecule has 0 nitrogen and oxygen atoms in total. The van der Waals surface area contributed by atoms with Crippen LogP contribution in [0.15, 0.2) is 12.2 Å². The zero-order valence-corrected chi connectivity index (χ0v) is 7.94. The van der Waals surface area contributed by atoms with E-state index in [0.717, 1.165) is 5.92 Å². The van der Waals surface area contributed by atoms with Crippen molar-refractivity contribution < 1.29 is 0 Å². The van der Waals surface area contributed by atoms with E-state index in [1.807, 2.05) is 0 Å². The fraction of sp³-hybridized carbons (Fsp3) is 0.778. The fourth-order valence-corrected chi connectivity index (χ4v) is 0.954. The molecule has 0 bridgehead atoms. The first kappa shape index (κ1) is 9.80. The van der Waals surface area contributed by atoms with Gasteiger partial charge in [0.1, 0.15) is 7.85 Å². The molecule has 1 heteroatoms. The third kappa shape index (κ3) is 2.59. The summed E-state index contributed by atoms with van der Waals surface area (Å²) in [5.74, 6) is 2.03. The van der Waals surface area contributed by atoms with Gasteiger partial charge in [0.15, 0.2) is 0 Å². The molecule has 0 aliphatic carbocycles. The van der Waals surface area contributed by atoms with Crippen LogP contribution in [0.4, 0.5) is 0 Å². The molecule has 1 atom stereocenters. The van der Waals surface area contributed by atoms with E-state index in [1.165, 1.54) is 5.57 Å². The van der Waals surface area contributed by atoms with Gasteiger partial charge in [-0.05, 0) is 17.7 Å².